The van der Waals surface area contributed by atoms with Crippen molar-refractivity contribution < 1.29 is 18.0 Å². The van der Waals surface area contributed by atoms with Crippen molar-refractivity contribution in [2.24, 2.45) is 7.05 Å². The van der Waals surface area contributed by atoms with Gasteiger partial charge in [-0.1, -0.05) is 36.8 Å². The number of sulfonamides is 1. The van der Waals surface area contributed by atoms with Crippen LogP contribution in [-0.4, -0.2) is 63.9 Å². The largest absolute Gasteiger partial charge is 0.343 e. The highest BCUT2D eigenvalue weighted by molar-refractivity contribution is 7.88. The smallest absolute Gasteiger partial charge is 0.245 e. The third-order valence-electron chi connectivity index (χ3n) is 6.57. The summed E-state index contributed by atoms with van der Waals surface area (Å²) < 4.78 is 29.3. The molecule has 33 heavy (non-hydrogen) atoms. The molecule has 2 fully saturated rings. The lowest BCUT2D eigenvalue weighted by Crippen LogP contribution is -2.54. The third kappa shape index (κ3) is 5.11. The molecule has 4 rings (SSSR count). The number of piperidine rings is 1. The molecule has 0 aliphatic carbocycles. The Morgan fingerprint density at radius 1 is 1.18 bits per heavy atom. The zero-order valence-corrected chi connectivity index (χ0v) is 19.9. The molecule has 3 atom stereocenters. The Balaban J connectivity index is 1.44. The summed E-state index contributed by atoms with van der Waals surface area (Å²) in [5, 5.41) is 7.01. The molecule has 2 aliphatic heterocycles. The fraction of sp³-hybridized carbons (Fsp3) is 0.522. The predicted octanol–water partition coefficient (Wildman–Crippen LogP) is 1.41. The van der Waals surface area contributed by atoms with Crippen LogP contribution in [0.1, 0.15) is 43.9 Å². The first-order chi connectivity index (χ1) is 15.8. The Morgan fingerprint density at radius 3 is 2.64 bits per heavy atom. The number of aryl methyl sites for hydroxylation is 1. The maximum Gasteiger partial charge on any atom is 0.245 e. The van der Waals surface area contributed by atoms with E-state index in [0.717, 1.165) is 18.5 Å². The minimum atomic E-state index is -3.67. The number of aromatic nitrogens is 2. The van der Waals surface area contributed by atoms with Crippen molar-refractivity contribution in [3.63, 3.8) is 0 Å². The summed E-state index contributed by atoms with van der Waals surface area (Å²) in [7, 11) is -1.84. The molecule has 0 radical (unpaired) electrons. The van der Waals surface area contributed by atoms with E-state index < -0.39 is 22.1 Å². The average molecular weight is 474 g/mol. The van der Waals surface area contributed by atoms with Crippen LogP contribution in [0.4, 0.5) is 0 Å². The molecule has 178 valence electrons. The second-order valence-electron chi connectivity index (χ2n) is 8.92. The molecule has 1 N–H and O–H groups in total. The van der Waals surface area contributed by atoms with Gasteiger partial charge in [-0.05, 0) is 37.8 Å². The van der Waals surface area contributed by atoms with Crippen molar-refractivity contribution >= 4 is 21.8 Å². The van der Waals surface area contributed by atoms with E-state index in [-0.39, 0.29) is 23.6 Å². The molecule has 3 unspecified atom stereocenters. The lowest BCUT2D eigenvalue weighted by molar-refractivity contribution is -0.135. The summed E-state index contributed by atoms with van der Waals surface area (Å²) in [6, 6.07) is 9.36. The van der Waals surface area contributed by atoms with Crippen molar-refractivity contribution in [1.82, 2.24) is 24.3 Å². The second-order valence-corrected chi connectivity index (χ2v) is 10.8. The van der Waals surface area contributed by atoms with E-state index in [1.807, 2.05) is 26.1 Å². The van der Waals surface area contributed by atoms with E-state index in [2.05, 4.69) is 10.4 Å². The van der Waals surface area contributed by atoms with E-state index in [4.69, 9.17) is 0 Å². The molecular formula is C23H31N5O4S. The quantitative estimate of drug-likeness (QED) is 0.655. The minimum absolute atomic E-state index is 0.0398. The van der Waals surface area contributed by atoms with Gasteiger partial charge >= 0.3 is 0 Å². The van der Waals surface area contributed by atoms with Crippen molar-refractivity contribution in [3.05, 3.63) is 53.9 Å². The van der Waals surface area contributed by atoms with Gasteiger partial charge in [0.1, 0.15) is 12.1 Å². The SMILES string of the molecule is CC1CC(NC(=O)C2CCCCN2S(=O)(=O)Cc2ccccc2)C(=O)N1Cc1ccnn1C. The number of rotatable bonds is 7. The van der Waals surface area contributed by atoms with Gasteiger partial charge in [0, 0.05) is 25.8 Å². The molecule has 2 saturated heterocycles. The fourth-order valence-electron chi connectivity index (χ4n) is 4.71. The summed E-state index contributed by atoms with van der Waals surface area (Å²) >= 11 is 0. The van der Waals surface area contributed by atoms with Crippen molar-refractivity contribution in [2.45, 2.75) is 63.0 Å². The normalized spacial score (nSPS) is 24.2. The Labute approximate surface area is 194 Å². The van der Waals surface area contributed by atoms with Gasteiger partial charge in [-0.2, -0.15) is 9.40 Å². The number of benzene rings is 1. The van der Waals surface area contributed by atoms with Crippen LogP contribution in [0.5, 0.6) is 0 Å². The first-order valence-corrected chi connectivity index (χ1v) is 13.0. The number of nitrogens with zero attached hydrogens (tertiary/aromatic N) is 4. The van der Waals surface area contributed by atoms with Crippen LogP contribution in [0, 0.1) is 0 Å². The number of likely N-dealkylation sites (tertiary alicyclic amines) is 1. The molecule has 2 aromatic rings. The molecule has 3 heterocycles. The molecule has 0 spiro atoms. The molecule has 2 amide bonds. The van der Waals surface area contributed by atoms with Gasteiger partial charge in [0.2, 0.25) is 21.8 Å². The highest BCUT2D eigenvalue weighted by atomic mass is 32.2. The monoisotopic (exact) mass is 473 g/mol. The van der Waals surface area contributed by atoms with Crippen LogP contribution in [0.15, 0.2) is 42.6 Å². The third-order valence-corrected chi connectivity index (χ3v) is 8.42. The lowest BCUT2D eigenvalue weighted by Gasteiger charge is -2.34. The zero-order chi connectivity index (χ0) is 23.6. The highest BCUT2D eigenvalue weighted by Gasteiger charge is 2.42. The molecule has 1 aromatic carbocycles. The summed E-state index contributed by atoms with van der Waals surface area (Å²) in [4.78, 5) is 28.0. The van der Waals surface area contributed by atoms with Gasteiger partial charge in [0.05, 0.1) is 18.0 Å². The standard InChI is InChI=1S/C23H31N5O4S/c1-17-14-20(23(30)27(17)15-19-11-12-24-26(19)2)25-22(29)21-10-6-7-13-28(21)33(31,32)16-18-8-4-3-5-9-18/h3-5,8-9,11-12,17,20-21H,6-7,10,13-16H2,1-2H3,(H,25,29). The van der Waals surface area contributed by atoms with Crippen LogP contribution in [0.25, 0.3) is 0 Å². The van der Waals surface area contributed by atoms with E-state index in [1.54, 1.807) is 40.0 Å². The minimum Gasteiger partial charge on any atom is -0.343 e. The van der Waals surface area contributed by atoms with Crippen molar-refractivity contribution in [1.29, 1.82) is 0 Å². The number of carbonyl (C=O) groups excluding carboxylic acids is 2. The number of hydrogen-bond donors (Lipinski definition) is 1. The number of carbonyl (C=O) groups is 2. The average Bonchev–Trinajstić information content (AvgIpc) is 3.31. The topological polar surface area (TPSA) is 105 Å². The number of hydrogen-bond acceptors (Lipinski definition) is 5. The Morgan fingerprint density at radius 2 is 1.94 bits per heavy atom. The molecule has 9 nitrogen and oxygen atoms in total. The van der Waals surface area contributed by atoms with E-state index in [1.165, 1.54) is 4.31 Å². The summed E-state index contributed by atoms with van der Waals surface area (Å²) in [5.74, 6) is -0.680. The molecule has 1 aromatic heterocycles. The van der Waals surface area contributed by atoms with Crippen LogP contribution in [-0.2, 0) is 39.0 Å². The van der Waals surface area contributed by atoms with E-state index in [0.29, 0.717) is 31.5 Å². The first kappa shape index (κ1) is 23.4. The number of amides is 2. The van der Waals surface area contributed by atoms with Crippen LogP contribution in [0.2, 0.25) is 0 Å². The van der Waals surface area contributed by atoms with Crippen molar-refractivity contribution in [2.75, 3.05) is 6.54 Å². The van der Waals surface area contributed by atoms with Crippen molar-refractivity contribution in [3.8, 4) is 0 Å². The van der Waals surface area contributed by atoms with Crippen LogP contribution in [0.3, 0.4) is 0 Å². The predicted molar refractivity (Wildman–Crippen MR) is 123 cm³/mol. The number of nitrogens with one attached hydrogen (secondary N) is 1. The van der Waals surface area contributed by atoms with Gasteiger partial charge in [-0.15, -0.1) is 0 Å². The van der Waals surface area contributed by atoms with Crippen LogP contribution >= 0.6 is 0 Å². The van der Waals surface area contributed by atoms with Gasteiger partial charge in [-0.25, -0.2) is 8.42 Å². The summed E-state index contributed by atoms with van der Waals surface area (Å²) in [6.07, 6.45) is 4.13. The Kier molecular flexibility index (Phi) is 6.85. The maximum atomic E-state index is 13.2. The van der Waals surface area contributed by atoms with E-state index in [9.17, 15) is 18.0 Å². The molecule has 10 heteroatoms. The Bertz CT molecular complexity index is 1100. The van der Waals surface area contributed by atoms with E-state index >= 15 is 0 Å². The maximum absolute atomic E-state index is 13.2. The summed E-state index contributed by atoms with van der Waals surface area (Å²) in [5.41, 5.74) is 1.60. The molecule has 2 aliphatic rings. The molecular weight excluding hydrogens is 442 g/mol. The molecule has 0 bridgehead atoms. The van der Waals surface area contributed by atoms with Crippen LogP contribution < -0.4 is 5.32 Å². The lowest BCUT2D eigenvalue weighted by atomic mass is 10.0. The van der Waals surface area contributed by atoms with Gasteiger partial charge < -0.3 is 10.2 Å². The zero-order valence-electron chi connectivity index (χ0n) is 19.1. The summed E-state index contributed by atoms with van der Waals surface area (Å²) in [6.45, 7) is 2.69. The second kappa shape index (κ2) is 9.64. The van der Waals surface area contributed by atoms with Gasteiger partial charge in [-0.3, -0.25) is 14.3 Å². The van der Waals surface area contributed by atoms with Gasteiger partial charge in [0.15, 0.2) is 0 Å². The Hall–Kier alpha value is -2.72. The first-order valence-electron chi connectivity index (χ1n) is 11.4. The molecule has 0 saturated carbocycles. The highest BCUT2D eigenvalue weighted by Crippen LogP contribution is 2.25. The fourth-order valence-corrected chi connectivity index (χ4v) is 6.48. The van der Waals surface area contributed by atoms with Gasteiger partial charge in [0.25, 0.3) is 0 Å².